The van der Waals surface area contributed by atoms with Gasteiger partial charge in [-0.05, 0) is 24.3 Å². The number of amidine groups is 1. The number of hydrogen-bond acceptors (Lipinski definition) is 4. The van der Waals surface area contributed by atoms with Gasteiger partial charge in [-0.2, -0.15) is 0 Å². The molecule has 0 amide bonds. The zero-order chi connectivity index (χ0) is 13.2. The fourth-order valence-corrected chi connectivity index (χ4v) is 1.88. The zero-order valence-electron chi connectivity index (χ0n) is 9.93. The molecule has 3 aromatic rings. The molecular weight excluding hydrogens is 242 g/mol. The summed E-state index contributed by atoms with van der Waals surface area (Å²) >= 11 is 0. The van der Waals surface area contributed by atoms with E-state index in [2.05, 4.69) is 15.1 Å². The second kappa shape index (κ2) is 4.41. The van der Waals surface area contributed by atoms with Crippen molar-refractivity contribution in [3.8, 4) is 5.82 Å². The summed E-state index contributed by atoms with van der Waals surface area (Å²) in [4.78, 5) is 8.59. The van der Waals surface area contributed by atoms with Crippen LogP contribution in [0.1, 0.15) is 5.56 Å². The maximum absolute atomic E-state index is 8.60. The zero-order valence-corrected chi connectivity index (χ0v) is 9.93. The first-order valence-corrected chi connectivity index (χ1v) is 5.66. The topological polar surface area (TPSA) is 89.3 Å². The van der Waals surface area contributed by atoms with Crippen molar-refractivity contribution in [2.45, 2.75) is 0 Å². The molecule has 6 nitrogen and oxygen atoms in total. The largest absolute Gasteiger partial charge is 0.409 e. The predicted molar refractivity (Wildman–Crippen MR) is 71.4 cm³/mol. The van der Waals surface area contributed by atoms with Gasteiger partial charge in [-0.3, -0.25) is 4.57 Å². The molecular formula is C13H11N5O. The van der Waals surface area contributed by atoms with E-state index in [0.717, 1.165) is 16.9 Å². The molecule has 3 N–H and O–H groups in total. The van der Waals surface area contributed by atoms with E-state index in [1.807, 2.05) is 28.8 Å². The van der Waals surface area contributed by atoms with Crippen molar-refractivity contribution in [3.63, 3.8) is 0 Å². The van der Waals surface area contributed by atoms with Crippen molar-refractivity contribution >= 4 is 16.9 Å². The lowest BCUT2D eigenvalue weighted by atomic mass is 10.2. The molecule has 0 saturated heterocycles. The van der Waals surface area contributed by atoms with Crippen LogP contribution in [0.15, 0.2) is 54.1 Å². The molecule has 2 aromatic heterocycles. The Hall–Kier alpha value is -2.89. The average Bonchev–Trinajstić information content (AvgIpc) is 2.90. The predicted octanol–water partition coefficient (Wildman–Crippen LogP) is 1.51. The summed E-state index contributed by atoms with van der Waals surface area (Å²) in [6.45, 7) is 0. The summed E-state index contributed by atoms with van der Waals surface area (Å²) < 4.78 is 1.88. The van der Waals surface area contributed by atoms with E-state index in [1.165, 1.54) is 0 Å². The fraction of sp³-hybridized carbons (Fsp3) is 0. The maximum atomic E-state index is 8.60. The Labute approximate surface area is 108 Å². The maximum Gasteiger partial charge on any atom is 0.171 e. The lowest BCUT2D eigenvalue weighted by Gasteiger charge is -2.04. The van der Waals surface area contributed by atoms with Crippen LogP contribution in [0.25, 0.3) is 16.9 Å². The Bertz CT molecular complexity index is 745. The highest BCUT2D eigenvalue weighted by Gasteiger charge is 2.06. The first kappa shape index (κ1) is 11.2. The lowest BCUT2D eigenvalue weighted by Crippen LogP contribution is -2.13. The smallest absolute Gasteiger partial charge is 0.171 e. The number of imidazole rings is 1. The molecule has 0 aliphatic rings. The van der Waals surface area contributed by atoms with Crippen LogP contribution in [0.5, 0.6) is 0 Å². The summed E-state index contributed by atoms with van der Waals surface area (Å²) in [7, 11) is 0. The Morgan fingerprint density at radius 1 is 1.16 bits per heavy atom. The van der Waals surface area contributed by atoms with Crippen LogP contribution in [0, 0.1) is 0 Å². The van der Waals surface area contributed by atoms with Crippen LogP contribution in [-0.4, -0.2) is 25.6 Å². The molecule has 0 spiro atoms. The number of aromatic nitrogens is 3. The van der Waals surface area contributed by atoms with Crippen molar-refractivity contribution in [1.29, 1.82) is 0 Å². The van der Waals surface area contributed by atoms with Crippen LogP contribution in [0.3, 0.4) is 0 Å². The summed E-state index contributed by atoms with van der Waals surface area (Å²) in [6.07, 6.45) is 3.27. The van der Waals surface area contributed by atoms with Crippen molar-refractivity contribution in [3.05, 3.63) is 54.5 Å². The van der Waals surface area contributed by atoms with Gasteiger partial charge in [0.15, 0.2) is 5.84 Å². The number of hydrogen-bond donors (Lipinski definition) is 2. The molecule has 0 radical (unpaired) electrons. The van der Waals surface area contributed by atoms with Crippen molar-refractivity contribution in [1.82, 2.24) is 14.5 Å². The molecule has 0 fully saturated rings. The standard InChI is InChI=1S/C13H11N5O/c14-13(17-19)9-5-6-12(15-7-9)18-8-16-10-3-1-2-4-11(10)18/h1-8,19H,(H2,14,17). The Morgan fingerprint density at radius 3 is 2.74 bits per heavy atom. The van der Waals surface area contributed by atoms with Gasteiger partial charge in [-0.15, -0.1) is 0 Å². The van der Waals surface area contributed by atoms with Gasteiger partial charge in [0, 0.05) is 11.8 Å². The summed E-state index contributed by atoms with van der Waals surface area (Å²) in [6, 6.07) is 11.3. The van der Waals surface area contributed by atoms with E-state index in [0.29, 0.717) is 5.56 Å². The molecule has 0 aliphatic heterocycles. The number of rotatable bonds is 2. The Balaban J connectivity index is 2.07. The van der Waals surface area contributed by atoms with E-state index in [-0.39, 0.29) is 5.84 Å². The molecule has 0 atom stereocenters. The normalized spacial score (nSPS) is 11.9. The quantitative estimate of drug-likeness (QED) is 0.313. The average molecular weight is 253 g/mol. The molecule has 94 valence electrons. The van der Waals surface area contributed by atoms with Gasteiger partial charge in [0.2, 0.25) is 0 Å². The molecule has 1 aromatic carbocycles. The Morgan fingerprint density at radius 2 is 2.00 bits per heavy atom. The highest BCUT2D eigenvalue weighted by atomic mass is 16.4. The van der Waals surface area contributed by atoms with Gasteiger partial charge in [0.1, 0.15) is 12.1 Å². The van der Waals surface area contributed by atoms with Crippen molar-refractivity contribution in [2.75, 3.05) is 0 Å². The molecule has 6 heteroatoms. The first-order valence-electron chi connectivity index (χ1n) is 5.66. The van der Waals surface area contributed by atoms with E-state index >= 15 is 0 Å². The van der Waals surface area contributed by atoms with Gasteiger partial charge < -0.3 is 10.9 Å². The third-order valence-corrected chi connectivity index (χ3v) is 2.85. The van der Waals surface area contributed by atoms with Crippen LogP contribution < -0.4 is 5.73 Å². The molecule has 0 bridgehead atoms. The summed E-state index contributed by atoms with van der Waals surface area (Å²) in [5.74, 6) is 0.762. The minimum atomic E-state index is 0.0366. The number of oxime groups is 1. The second-order valence-corrected chi connectivity index (χ2v) is 3.99. The molecule has 3 rings (SSSR count). The molecule has 19 heavy (non-hydrogen) atoms. The monoisotopic (exact) mass is 253 g/mol. The van der Waals surface area contributed by atoms with Crippen LogP contribution in [0.2, 0.25) is 0 Å². The number of fused-ring (bicyclic) bond motifs is 1. The van der Waals surface area contributed by atoms with Crippen molar-refractivity contribution < 1.29 is 5.21 Å². The minimum absolute atomic E-state index is 0.0366. The molecule has 0 aliphatic carbocycles. The van der Waals surface area contributed by atoms with Crippen LogP contribution in [-0.2, 0) is 0 Å². The summed E-state index contributed by atoms with van der Waals surface area (Å²) in [5, 5.41) is 11.5. The van der Waals surface area contributed by atoms with Gasteiger partial charge in [0.05, 0.1) is 11.0 Å². The Kier molecular flexibility index (Phi) is 2.60. The lowest BCUT2D eigenvalue weighted by molar-refractivity contribution is 0.318. The van der Waals surface area contributed by atoms with E-state index in [1.54, 1.807) is 24.7 Å². The number of nitrogens with zero attached hydrogens (tertiary/aromatic N) is 4. The summed E-state index contributed by atoms with van der Waals surface area (Å²) in [5.41, 5.74) is 7.95. The third-order valence-electron chi connectivity index (χ3n) is 2.85. The first-order chi connectivity index (χ1) is 9.29. The number of pyridine rings is 1. The minimum Gasteiger partial charge on any atom is -0.409 e. The fourth-order valence-electron chi connectivity index (χ4n) is 1.88. The van der Waals surface area contributed by atoms with E-state index in [4.69, 9.17) is 10.9 Å². The second-order valence-electron chi connectivity index (χ2n) is 3.99. The SMILES string of the molecule is N/C(=N\O)c1ccc(-n2cnc3ccccc32)nc1. The highest BCUT2D eigenvalue weighted by Crippen LogP contribution is 2.16. The van der Waals surface area contributed by atoms with Gasteiger partial charge in [0.25, 0.3) is 0 Å². The van der Waals surface area contributed by atoms with Gasteiger partial charge >= 0.3 is 0 Å². The van der Waals surface area contributed by atoms with Crippen molar-refractivity contribution in [2.24, 2.45) is 10.9 Å². The number of benzene rings is 1. The molecule has 2 heterocycles. The number of nitrogens with two attached hydrogens (primary N) is 1. The van der Waals surface area contributed by atoms with Gasteiger partial charge in [-0.25, -0.2) is 9.97 Å². The number of para-hydroxylation sites is 2. The molecule has 0 unspecified atom stereocenters. The van der Waals surface area contributed by atoms with Gasteiger partial charge in [-0.1, -0.05) is 17.3 Å². The van der Waals surface area contributed by atoms with E-state index in [9.17, 15) is 0 Å². The third kappa shape index (κ3) is 1.89. The van der Waals surface area contributed by atoms with Crippen LogP contribution >= 0.6 is 0 Å². The highest BCUT2D eigenvalue weighted by molar-refractivity contribution is 5.96. The van der Waals surface area contributed by atoms with E-state index < -0.39 is 0 Å². The van der Waals surface area contributed by atoms with Crippen LogP contribution in [0.4, 0.5) is 0 Å². The molecule has 0 saturated carbocycles.